The van der Waals surface area contributed by atoms with Crippen LogP contribution >= 0.6 is 0 Å². The zero-order chi connectivity index (χ0) is 14.0. The van der Waals surface area contributed by atoms with Gasteiger partial charge in [0.25, 0.3) is 11.5 Å². The number of aromatic nitrogens is 1. The molecule has 6 nitrogen and oxygen atoms in total. The van der Waals surface area contributed by atoms with Gasteiger partial charge in [-0.25, -0.2) is 0 Å². The summed E-state index contributed by atoms with van der Waals surface area (Å²) in [6.45, 7) is 1.73. The highest BCUT2D eigenvalue weighted by molar-refractivity contribution is 5.94. The number of H-pyrrole nitrogens is 1. The second kappa shape index (κ2) is 5.26. The molecule has 1 aromatic heterocycles. The average Bonchev–Trinajstić information content (AvgIpc) is 2.77. The fraction of sp³-hybridized carbons (Fsp3) is 0.462. The predicted molar refractivity (Wildman–Crippen MR) is 68.0 cm³/mol. The molecular formula is C13H16N2O4. The summed E-state index contributed by atoms with van der Waals surface area (Å²) in [6, 6.07) is 2.97. The van der Waals surface area contributed by atoms with Gasteiger partial charge in [0.2, 0.25) is 0 Å². The molecule has 1 aliphatic rings. The summed E-state index contributed by atoms with van der Waals surface area (Å²) >= 11 is 0. The molecule has 102 valence electrons. The molecular weight excluding hydrogens is 248 g/mol. The van der Waals surface area contributed by atoms with Gasteiger partial charge in [-0.05, 0) is 38.3 Å². The number of aryl methyl sites for hydroxylation is 1. The van der Waals surface area contributed by atoms with E-state index in [9.17, 15) is 14.4 Å². The van der Waals surface area contributed by atoms with Gasteiger partial charge in [0.15, 0.2) is 0 Å². The van der Waals surface area contributed by atoms with E-state index >= 15 is 0 Å². The number of hydrogen-bond acceptors (Lipinski definition) is 3. The molecule has 2 rings (SSSR count). The molecule has 1 aromatic rings. The Bertz CT molecular complexity index is 564. The highest BCUT2D eigenvalue weighted by atomic mass is 16.4. The molecule has 0 spiro atoms. The van der Waals surface area contributed by atoms with Gasteiger partial charge in [0.05, 0.1) is 5.92 Å². The third-order valence-corrected chi connectivity index (χ3v) is 3.42. The summed E-state index contributed by atoms with van der Waals surface area (Å²) in [4.78, 5) is 36.9. The first kappa shape index (κ1) is 13.3. The fourth-order valence-electron chi connectivity index (χ4n) is 2.35. The zero-order valence-corrected chi connectivity index (χ0v) is 10.6. The molecule has 0 radical (unpaired) electrons. The standard InChI is InChI=1S/C13H16N2O4/c1-7-2-5-10(11(16)14-7)12(17)15-9-4-3-8(6-9)13(18)19/h2,5,8-9H,3-4,6H2,1H3,(H,14,16)(H,15,17)(H,18,19)/t8-,9+/m0/s1. The Morgan fingerprint density at radius 1 is 1.37 bits per heavy atom. The predicted octanol–water partition coefficient (Wildman–Crippen LogP) is 0.666. The van der Waals surface area contributed by atoms with Crippen LogP contribution in [0.15, 0.2) is 16.9 Å². The van der Waals surface area contributed by atoms with Crippen LogP contribution in [0.5, 0.6) is 0 Å². The summed E-state index contributed by atoms with van der Waals surface area (Å²) in [5.41, 5.74) is 0.322. The lowest BCUT2D eigenvalue weighted by Gasteiger charge is -2.12. The van der Waals surface area contributed by atoms with Crippen molar-refractivity contribution in [1.82, 2.24) is 10.3 Å². The van der Waals surface area contributed by atoms with E-state index in [1.54, 1.807) is 13.0 Å². The lowest BCUT2D eigenvalue weighted by molar-refractivity contribution is -0.141. The Hall–Kier alpha value is -2.11. The number of pyridine rings is 1. The zero-order valence-electron chi connectivity index (χ0n) is 10.6. The quantitative estimate of drug-likeness (QED) is 0.747. The van der Waals surface area contributed by atoms with E-state index < -0.39 is 23.4 Å². The SMILES string of the molecule is Cc1ccc(C(=O)N[C@@H]2CC[C@H](C(=O)O)C2)c(=O)[nH]1. The third-order valence-electron chi connectivity index (χ3n) is 3.42. The second-order valence-electron chi connectivity index (χ2n) is 4.90. The summed E-state index contributed by atoms with van der Waals surface area (Å²) in [7, 11) is 0. The molecule has 1 saturated carbocycles. The molecule has 2 atom stereocenters. The van der Waals surface area contributed by atoms with Gasteiger partial charge in [0, 0.05) is 11.7 Å². The van der Waals surface area contributed by atoms with Gasteiger partial charge in [-0.3, -0.25) is 14.4 Å². The van der Waals surface area contributed by atoms with Gasteiger partial charge in [-0.2, -0.15) is 0 Å². The topological polar surface area (TPSA) is 99.3 Å². The molecule has 0 saturated heterocycles. The monoisotopic (exact) mass is 264 g/mol. The number of nitrogens with one attached hydrogen (secondary N) is 2. The first-order valence-electron chi connectivity index (χ1n) is 6.21. The average molecular weight is 264 g/mol. The Morgan fingerprint density at radius 2 is 2.11 bits per heavy atom. The Kier molecular flexibility index (Phi) is 3.69. The summed E-state index contributed by atoms with van der Waals surface area (Å²) in [5, 5.41) is 11.6. The van der Waals surface area contributed by atoms with Crippen molar-refractivity contribution in [3.05, 3.63) is 33.7 Å². The lowest BCUT2D eigenvalue weighted by Crippen LogP contribution is -2.36. The van der Waals surface area contributed by atoms with Crippen molar-refractivity contribution in [2.75, 3.05) is 0 Å². The Morgan fingerprint density at radius 3 is 2.68 bits per heavy atom. The number of hydrogen-bond donors (Lipinski definition) is 3. The van der Waals surface area contributed by atoms with E-state index in [-0.39, 0.29) is 11.6 Å². The van der Waals surface area contributed by atoms with Crippen molar-refractivity contribution < 1.29 is 14.7 Å². The number of carbonyl (C=O) groups excluding carboxylic acids is 1. The molecule has 0 aliphatic heterocycles. The minimum Gasteiger partial charge on any atom is -0.481 e. The van der Waals surface area contributed by atoms with Crippen molar-refractivity contribution in [3.63, 3.8) is 0 Å². The molecule has 1 fully saturated rings. The molecule has 1 heterocycles. The van der Waals surface area contributed by atoms with E-state index in [1.807, 2.05) is 0 Å². The Labute approximate surface area is 109 Å². The van der Waals surface area contributed by atoms with Crippen LogP contribution < -0.4 is 10.9 Å². The largest absolute Gasteiger partial charge is 0.481 e. The molecule has 1 amide bonds. The first-order valence-corrected chi connectivity index (χ1v) is 6.21. The summed E-state index contributed by atoms with van der Waals surface area (Å²) < 4.78 is 0. The smallest absolute Gasteiger partial charge is 0.306 e. The van der Waals surface area contributed by atoms with E-state index in [4.69, 9.17) is 5.11 Å². The number of carboxylic acids is 1. The molecule has 0 unspecified atom stereocenters. The van der Waals surface area contributed by atoms with Crippen LogP contribution in [0, 0.1) is 12.8 Å². The van der Waals surface area contributed by atoms with E-state index in [0.717, 1.165) is 0 Å². The maximum atomic E-state index is 11.9. The van der Waals surface area contributed by atoms with Crippen LogP contribution in [-0.2, 0) is 4.79 Å². The van der Waals surface area contributed by atoms with Crippen LogP contribution in [0.25, 0.3) is 0 Å². The maximum absolute atomic E-state index is 11.9. The van der Waals surface area contributed by atoms with Crippen LogP contribution in [0.4, 0.5) is 0 Å². The minimum atomic E-state index is -0.829. The highest BCUT2D eigenvalue weighted by Crippen LogP contribution is 2.25. The molecule has 6 heteroatoms. The van der Waals surface area contributed by atoms with Crippen LogP contribution in [0.3, 0.4) is 0 Å². The summed E-state index contributed by atoms with van der Waals surface area (Å²) in [6.07, 6.45) is 1.61. The molecule has 3 N–H and O–H groups in total. The third kappa shape index (κ3) is 3.01. The number of aliphatic carboxylic acids is 1. The van der Waals surface area contributed by atoms with Crippen LogP contribution in [-0.4, -0.2) is 28.0 Å². The number of carbonyl (C=O) groups is 2. The minimum absolute atomic E-state index is 0.0596. The van der Waals surface area contributed by atoms with E-state index in [2.05, 4.69) is 10.3 Å². The Balaban J connectivity index is 2.02. The lowest BCUT2D eigenvalue weighted by atomic mass is 10.1. The molecule has 1 aliphatic carbocycles. The summed E-state index contributed by atoms with van der Waals surface area (Å²) in [5.74, 6) is -1.68. The first-order chi connectivity index (χ1) is 8.97. The number of rotatable bonds is 3. The number of aromatic amines is 1. The van der Waals surface area contributed by atoms with Crippen molar-refractivity contribution in [2.45, 2.75) is 32.2 Å². The number of amides is 1. The number of carboxylic acid groups (broad SMARTS) is 1. The molecule has 0 aromatic carbocycles. The van der Waals surface area contributed by atoms with E-state index in [0.29, 0.717) is 25.0 Å². The van der Waals surface area contributed by atoms with Gasteiger partial charge in [-0.15, -0.1) is 0 Å². The normalized spacial score (nSPS) is 22.2. The van der Waals surface area contributed by atoms with Gasteiger partial charge < -0.3 is 15.4 Å². The van der Waals surface area contributed by atoms with Gasteiger partial charge >= 0.3 is 5.97 Å². The highest BCUT2D eigenvalue weighted by Gasteiger charge is 2.30. The van der Waals surface area contributed by atoms with E-state index in [1.165, 1.54) is 6.07 Å². The second-order valence-corrected chi connectivity index (χ2v) is 4.90. The van der Waals surface area contributed by atoms with Gasteiger partial charge in [-0.1, -0.05) is 0 Å². The van der Waals surface area contributed by atoms with Crippen LogP contribution in [0.2, 0.25) is 0 Å². The van der Waals surface area contributed by atoms with Crippen molar-refractivity contribution in [3.8, 4) is 0 Å². The van der Waals surface area contributed by atoms with Crippen molar-refractivity contribution >= 4 is 11.9 Å². The molecule has 19 heavy (non-hydrogen) atoms. The maximum Gasteiger partial charge on any atom is 0.306 e. The fourth-order valence-corrected chi connectivity index (χ4v) is 2.35. The van der Waals surface area contributed by atoms with Crippen molar-refractivity contribution in [1.29, 1.82) is 0 Å². The molecule has 0 bridgehead atoms. The van der Waals surface area contributed by atoms with Gasteiger partial charge in [0.1, 0.15) is 5.56 Å². The van der Waals surface area contributed by atoms with Crippen LogP contribution in [0.1, 0.15) is 35.3 Å². The van der Waals surface area contributed by atoms with Crippen molar-refractivity contribution in [2.24, 2.45) is 5.92 Å².